The van der Waals surface area contributed by atoms with Gasteiger partial charge in [-0.2, -0.15) is 0 Å². The van der Waals surface area contributed by atoms with Crippen molar-refractivity contribution in [3.05, 3.63) is 0 Å². The molecule has 6 nitrogen and oxygen atoms in total. The number of carboxylic acid groups (broad SMARTS) is 1. The Morgan fingerprint density at radius 1 is 1.29 bits per heavy atom. The fourth-order valence-electron chi connectivity index (χ4n) is 2.55. The summed E-state index contributed by atoms with van der Waals surface area (Å²) in [5.41, 5.74) is 0. The lowest BCUT2D eigenvalue weighted by molar-refractivity contribution is -0.149. The zero-order valence-corrected chi connectivity index (χ0v) is 9.63. The molecule has 0 radical (unpaired) electrons. The molecular weight excluding hydrogens is 224 g/mol. The highest BCUT2D eigenvalue weighted by molar-refractivity contribution is 5.87. The van der Waals surface area contributed by atoms with E-state index < -0.39 is 18.1 Å². The van der Waals surface area contributed by atoms with Crippen molar-refractivity contribution in [1.29, 1.82) is 0 Å². The van der Waals surface area contributed by atoms with E-state index in [1.54, 1.807) is 0 Å². The molecule has 17 heavy (non-hydrogen) atoms. The molecule has 1 amide bonds. The van der Waals surface area contributed by atoms with Crippen molar-refractivity contribution in [1.82, 2.24) is 10.2 Å². The molecule has 6 heteroatoms. The quantitative estimate of drug-likeness (QED) is 0.588. The number of aliphatic hydroxyl groups excluding tert-OH is 1. The number of piperidine rings is 1. The average Bonchev–Trinajstić information content (AvgIpc) is 2.72. The minimum absolute atomic E-state index is 0.133. The van der Waals surface area contributed by atoms with Gasteiger partial charge in [-0.25, -0.2) is 4.79 Å². The molecule has 0 spiro atoms. The van der Waals surface area contributed by atoms with Gasteiger partial charge in [0.1, 0.15) is 6.04 Å². The number of rotatable bonds is 2. The number of likely N-dealkylation sites (tertiary alicyclic amines) is 1. The van der Waals surface area contributed by atoms with Crippen molar-refractivity contribution in [2.24, 2.45) is 0 Å². The van der Waals surface area contributed by atoms with Gasteiger partial charge in [0.2, 0.25) is 5.91 Å². The summed E-state index contributed by atoms with van der Waals surface area (Å²) >= 11 is 0. The minimum atomic E-state index is -1.04. The van der Waals surface area contributed by atoms with Gasteiger partial charge in [-0.15, -0.1) is 0 Å². The number of β-amino-alcohol motifs (C(OH)–C–C–N with tert-alkyl or cyclic N) is 1. The van der Waals surface area contributed by atoms with Crippen LogP contribution in [0.3, 0.4) is 0 Å². The van der Waals surface area contributed by atoms with Crippen LogP contribution in [-0.2, 0) is 9.59 Å². The van der Waals surface area contributed by atoms with Gasteiger partial charge in [0.25, 0.3) is 0 Å². The SMILES string of the molecule is O=C(O)[C@@H]1C[C@H](O)CN1C(=O)C1CCCCN1. The Labute approximate surface area is 99.6 Å². The number of nitrogens with one attached hydrogen (secondary N) is 1. The van der Waals surface area contributed by atoms with Crippen molar-refractivity contribution < 1.29 is 19.8 Å². The van der Waals surface area contributed by atoms with Crippen LogP contribution in [0.5, 0.6) is 0 Å². The van der Waals surface area contributed by atoms with Crippen LogP contribution in [0.1, 0.15) is 25.7 Å². The van der Waals surface area contributed by atoms with Crippen LogP contribution in [0.4, 0.5) is 0 Å². The number of carbonyl (C=O) groups excluding carboxylic acids is 1. The van der Waals surface area contributed by atoms with Gasteiger partial charge in [-0.05, 0) is 19.4 Å². The first-order valence-corrected chi connectivity index (χ1v) is 6.04. The maximum Gasteiger partial charge on any atom is 0.326 e. The lowest BCUT2D eigenvalue weighted by Gasteiger charge is -2.29. The van der Waals surface area contributed by atoms with Crippen LogP contribution in [0, 0.1) is 0 Å². The van der Waals surface area contributed by atoms with Gasteiger partial charge in [0.05, 0.1) is 12.1 Å². The molecule has 2 aliphatic rings. The van der Waals surface area contributed by atoms with Crippen LogP contribution in [0.15, 0.2) is 0 Å². The molecule has 1 unspecified atom stereocenters. The normalized spacial score (nSPS) is 33.7. The molecule has 96 valence electrons. The molecule has 3 N–H and O–H groups in total. The fraction of sp³-hybridized carbons (Fsp3) is 0.818. The Morgan fingerprint density at radius 3 is 2.65 bits per heavy atom. The van der Waals surface area contributed by atoms with Gasteiger partial charge < -0.3 is 20.4 Å². The minimum Gasteiger partial charge on any atom is -0.480 e. The number of hydrogen-bond donors (Lipinski definition) is 3. The molecule has 2 heterocycles. The standard InChI is InChI=1S/C11H18N2O4/c14-7-5-9(11(16)17)13(6-7)10(15)8-3-1-2-4-12-8/h7-9,12,14H,1-6H2,(H,16,17)/t7-,8?,9-/m0/s1. The second kappa shape index (κ2) is 5.01. The molecular formula is C11H18N2O4. The lowest BCUT2D eigenvalue weighted by Crippen LogP contribution is -2.51. The largest absolute Gasteiger partial charge is 0.480 e. The fourth-order valence-corrected chi connectivity index (χ4v) is 2.55. The van der Waals surface area contributed by atoms with Crippen molar-refractivity contribution in [3.8, 4) is 0 Å². The van der Waals surface area contributed by atoms with E-state index in [0.29, 0.717) is 0 Å². The highest BCUT2D eigenvalue weighted by atomic mass is 16.4. The third-order valence-corrected chi connectivity index (χ3v) is 3.46. The topological polar surface area (TPSA) is 89.9 Å². The summed E-state index contributed by atoms with van der Waals surface area (Å²) in [5, 5.41) is 21.6. The van der Waals surface area contributed by atoms with Gasteiger partial charge in [-0.3, -0.25) is 4.79 Å². The van der Waals surface area contributed by atoms with Gasteiger partial charge in [-0.1, -0.05) is 6.42 Å². The van der Waals surface area contributed by atoms with Crippen LogP contribution < -0.4 is 5.32 Å². The van der Waals surface area contributed by atoms with Gasteiger partial charge in [0, 0.05) is 13.0 Å². The van der Waals surface area contributed by atoms with Crippen molar-refractivity contribution in [3.63, 3.8) is 0 Å². The molecule has 0 aromatic carbocycles. The molecule has 2 fully saturated rings. The summed E-state index contributed by atoms with van der Waals surface area (Å²) in [5.74, 6) is -1.22. The average molecular weight is 242 g/mol. The summed E-state index contributed by atoms with van der Waals surface area (Å²) in [6, 6.07) is -1.16. The molecule has 0 aliphatic carbocycles. The van der Waals surface area contributed by atoms with Crippen LogP contribution in [0.2, 0.25) is 0 Å². The molecule has 3 atom stereocenters. The Hall–Kier alpha value is -1.14. The van der Waals surface area contributed by atoms with Crippen LogP contribution in [0.25, 0.3) is 0 Å². The Kier molecular flexibility index (Phi) is 3.63. The number of carbonyl (C=O) groups is 2. The number of aliphatic carboxylic acids is 1. The molecule has 0 saturated carbocycles. The maximum absolute atomic E-state index is 12.1. The predicted octanol–water partition coefficient (Wildman–Crippen LogP) is -0.825. The number of carboxylic acids is 1. The van der Waals surface area contributed by atoms with Crippen LogP contribution >= 0.6 is 0 Å². The number of amides is 1. The van der Waals surface area contributed by atoms with E-state index in [-0.39, 0.29) is 24.9 Å². The summed E-state index contributed by atoms with van der Waals surface area (Å²) in [6.07, 6.45) is 2.20. The highest BCUT2D eigenvalue weighted by Gasteiger charge is 2.41. The molecule has 0 aromatic rings. The first kappa shape index (κ1) is 12.3. The van der Waals surface area contributed by atoms with Gasteiger partial charge >= 0.3 is 5.97 Å². The molecule has 0 aromatic heterocycles. The molecule has 2 saturated heterocycles. The van der Waals surface area contributed by atoms with E-state index in [4.69, 9.17) is 5.11 Å². The number of nitrogens with zero attached hydrogens (tertiary/aromatic N) is 1. The van der Waals surface area contributed by atoms with E-state index in [1.165, 1.54) is 4.90 Å². The number of aliphatic hydroxyl groups is 1. The van der Waals surface area contributed by atoms with Crippen molar-refractivity contribution in [2.45, 2.75) is 43.9 Å². The third-order valence-electron chi connectivity index (χ3n) is 3.46. The summed E-state index contributed by atoms with van der Waals surface area (Å²) < 4.78 is 0. The second-order valence-corrected chi connectivity index (χ2v) is 4.74. The van der Waals surface area contributed by atoms with E-state index in [2.05, 4.69) is 5.32 Å². The molecule has 0 bridgehead atoms. The van der Waals surface area contributed by atoms with Crippen LogP contribution in [-0.4, -0.2) is 58.3 Å². The summed E-state index contributed by atoms with van der Waals surface area (Å²) in [4.78, 5) is 24.5. The monoisotopic (exact) mass is 242 g/mol. The zero-order valence-electron chi connectivity index (χ0n) is 9.63. The molecule has 2 rings (SSSR count). The highest BCUT2D eigenvalue weighted by Crippen LogP contribution is 2.21. The predicted molar refractivity (Wildman–Crippen MR) is 59.4 cm³/mol. The first-order valence-electron chi connectivity index (χ1n) is 6.04. The van der Waals surface area contributed by atoms with Gasteiger partial charge in [0.15, 0.2) is 0 Å². The zero-order chi connectivity index (χ0) is 12.4. The summed E-state index contributed by atoms with van der Waals surface area (Å²) in [7, 11) is 0. The Morgan fingerprint density at radius 2 is 2.06 bits per heavy atom. The summed E-state index contributed by atoms with van der Waals surface area (Å²) in [6.45, 7) is 0.929. The van der Waals surface area contributed by atoms with E-state index in [0.717, 1.165) is 25.8 Å². The number of hydrogen-bond acceptors (Lipinski definition) is 4. The Bertz CT molecular complexity index is 315. The van der Waals surface area contributed by atoms with E-state index in [9.17, 15) is 14.7 Å². The van der Waals surface area contributed by atoms with E-state index in [1.807, 2.05) is 0 Å². The third kappa shape index (κ3) is 2.58. The first-order chi connectivity index (χ1) is 8.09. The smallest absolute Gasteiger partial charge is 0.326 e. The lowest BCUT2D eigenvalue weighted by atomic mass is 10.0. The Balaban J connectivity index is 2.04. The van der Waals surface area contributed by atoms with E-state index >= 15 is 0 Å². The maximum atomic E-state index is 12.1. The van der Waals surface area contributed by atoms with Crippen molar-refractivity contribution >= 4 is 11.9 Å². The van der Waals surface area contributed by atoms with Crippen molar-refractivity contribution in [2.75, 3.05) is 13.1 Å². The molecule has 2 aliphatic heterocycles. The second-order valence-electron chi connectivity index (χ2n) is 4.74.